The van der Waals surface area contributed by atoms with Gasteiger partial charge in [-0.15, -0.1) is 6.42 Å². The minimum absolute atomic E-state index is 0.0885. The van der Waals surface area contributed by atoms with Crippen LogP contribution in [0.4, 0.5) is 10.6 Å². The van der Waals surface area contributed by atoms with Gasteiger partial charge < -0.3 is 24.4 Å². The number of aliphatic hydroxyl groups excluding tert-OH is 2. The minimum atomic E-state index is -1.33. The van der Waals surface area contributed by atoms with Crippen molar-refractivity contribution in [1.82, 2.24) is 9.55 Å². The fourth-order valence-corrected chi connectivity index (χ4v) is 3.27. The highest BCUT2D eigenvalue weighted by molar-refractivity contribution is 5.84. The number of ether oxygens (including phenoxy) is 3. The number of amides is 1. The van der Waals surface area contributed by atoms with Gasteiger partial charge in [0.1, 0.15) is 18.8 Å². The number of hydrogen-bond acceptors (Lipinski definition) is 8. The Hall–Kier alpha value is -2.45. The van der Waals surface area contributed by atoms with Crippen LogP contribution in [0, 0.1) is 17.8 Å². The van der Waals surface area contributed by atoms with Crippen molar-refractivity contribution in [3.8, 4) is 12.3 Å². The number of nitrogens with zero attached hydrogens (tertiary/aromatic N) is 2. The number of carbonyl (C=O) groups excluding carboxylic acids is 1. The maximum Gasteiger partial charge on any atom is 0.412 e. The molecule has 4 atom stereocenters. The van der Waals surface area contributed by atoms with Crippen molar-refractivity contribution in [2.75, 3.05) is 25.6 Å². The Morgan fingerprint density at radius 1 is 1.37 bits per heavy atom. The van der Waals surface area contributed by atoms with Crippen LogP contribution >= 0.6 is 0 Å². The molecule has 10 nitrogen and oxygen atoms in total. The van der Waals surface area contributed by atoms with Crippen LogP contribution in [0.15, 0.2) is 11.0 Å². The van der Waals surface area contributed by atoms with Crippen molar-refractivity contribution in [3.63, 3.8) is 0 Å². The number of methoxy groups -OCH3 is 1. The summed E-state index contributed by atoms with van der Waals surface area (Å²) in [5.74, 6) is 2.19. The number of carbonyl (C=O) groups is 1. The highest BCUT2D eigenvalue weighted by atomic mass is 16.6. The topological polar surface area (TPSA) is 132 Å². The molecule has 0 aromatic carbocycles. The van der Waals surface area contributed by atoms with Crippen LogP contribution < -0.4 is 11.0 Å². The molecule has 0 bridgehead atoms. The van der Waals surface area contributed by atoms with E-state index in [1.807, 2.05) is 13.8 Å². The Morgan fingerprint density at radius 3 is 2.53 bits per heavy atom. The molecule has 0 saturated carbocycles. The molecule has 2 heterocycles. The van der Waals surface area contributed by atoms with Gasteiger partial charge >= 0.3 is 11.8 Å². The second-order valence-corrected chi connectivity index (χ2v) is 7.39. The number of nitrogens with one attached hydrogen (secondary N) is 1. The lowest BCUT2D eigenvalue weighted by molar-refractivity contribution is -0.0350. The quantitative estimate of drug-likeness (QED) is 0.525. The Balaban J connectivity index is 2.17. The fourth-order valence-electron chi connectivity index (χ4n) is 3.27. The third-order valence-corrected chi connectivity index (χ3v) is 5.54. The smallest absolute Gasteiger partial charge is 0.412 e. The first-order valence-corrected chi connectivity index (χ1v) is 9.76. The molecule has 1 aliphatic rings. The van der Waals surface area contributed by atoms with Gasteiger partial charge in [-0.3, -0.25) is 9.88 Å². The molecule has 10 heteroatoms. The van der Waals surface area contributed by atoms with Crippen molar-refractivity contribution < 1.29 is 29.2 Å². The molecule has 30 heavy (non-hydrogen) atoms. The van der Waals surface area contributed by atoms with Gasteiger partial charge in [0.15, 0.2) is 12.0 Å². The van der Waals surface area contributed by atoms with Crippen LogP contribution in [0.25, 0.3) is 0 Å². The van der Waals surface area contributed by atoms with Crippen molar-refractivity contribution in [1.29, 1.82) is 0 Å². The zero-order valence-electron chi connectivity index (χ0n) is 17.6. The second kappa shape index (κ2) is 10.0. The van der Waals surface area contributed by atoms with E-state index in [2.05, 4.69) is 16.2 Å². The zero-order valence-corrected chi connectivity index (χ0v) is 17.6. The van der Waals surface area contributed by atoms with E-state index < -0.39 is 36.3 Å². The molecule has 0 aliphatic carbocycles. The van der Waals surface area contributed by atoms with E-state index in [0.29, 0.717) is 6.61 Å². The fraction of sp³-hybridized carbons (Fsp3) is 0.650. The summed E-state index contributed by atoms with van der Waals surface area (Å²) < 4.78 is 17.0. The van der Waals surface area contributed by atoms with E-state index in [1.54, 1.807) is 14.0 Å². The molecule has 1 fully saturated rings. The van der Waals surface area contributed by atoms with E-state index in [9.17, 15) is 19.8 Å². The normalized spacial score (nSPS) is 23.8. The second-order valence-electron chi connectivity index (χ2n) is 7.39. The molecule has 1 saturated heterocycles. The first kappa shape index (κ1) is 23.8. The van der Waals surface area contributed by atoms with Crippen LogP contribution in [0.3, 0.4) is 0 Å². The van der Waals surface area contributed by atoms with Gasteiger partial charge in [-0.25, -0.2) is 9.59 Å². The number of anilines is 1. The number of aliphatic hydroxyl groups is 2. The average molecular weight is 423 g/mol. The minimum Gasteiger partial charge on any atom is -0.449 e. The summed E-state index contributed by atoms with van der Waals surface area (Å²) >= 11 is 0. The Kier molecular flexibility index (Phi) is 7.97. The summed E-state index contributed by atoms with van der Waals surface area (Å²) in [5, 5.41) is 22.4. The van der Waals surface area contributed by atoms with Crippen LogP contribution in [-0.2, 0) is 14.2 Å². The molecule has 0 spiro atoms. The molecule has 3 N–H and O–H groups in total. The highest BCUT2D eigenvalue weighted by Gasteiger charge is 2.42. The zero-order chi connectivity index (χ0) is 22.5. The molecule has 0 radical (unpaired) electrons. The highest BCUT2D eigenvalue weighted by Crippen LogP contribution is 2.29. The Labute approximate surface area is 175 Å². The largest absolute Gasteiger partial charge is 0.449 e. The molecule has 0 unspecified atom stereocenters. The van der Waals surface area contributed by atoms with Crippen LogP contribution in [-0.4, -0.2) is 64.5 Å². The Morgan fingerprint density at radius 2 is 2.03 bits per heavy atom. The Bertz CT molecular complexity index is 844. The molecule has 1 aromatic heterocycles. The number of hydrogen-bond donors (Lipinski definition) is 3. The van der Waals surface area contributed by atoms with Gasteiger partial charge in [-0.2, -0.15) is 4.98 Å². The predicted molar refractivity (Wildman–Crippen MR) is 108 cm³/mol. The van der Waals surface area contributed by atoms with E-state index in [-0.39, 0.29) is 23.4 Å². The van der Waals surface area contributed by atoms with E-state index >= 15 is 0 Å². The maximum absolute atomic E-state index is 12.4. The predicted octanol–water partition coefficient (Wildman–Crippen LogP) is 0.865. The van der Waals surface area contributed by atoms with Crippen molar-refractivity contribution in [2.45, 2.75) is 58.2 Å². The van der Waals surface area contributed by atoms with Crippen molar-refractivity contribution >= 4 is 11.9 Å². The lowest BCUT2D eigenvalue weighted by atomic mass is 9.84. The van der Waals surface area contributed by atoms with E-state index in [1.165, 1.54) is 6.20 Å². The van der Waals surface area contributed by atoms with Crippen LogP contribution in [0.5, 0.6) is 0 Å². The molecular weight excluding hydrogens is 394 g/mol. The summed E-state index contributed by atoms with van der Waals surface area (Å²) in [7, 11) is 1.59. The van der Waals surface area contributed by atoms with Crippen molar-refractivity contribution in [3.05, 3.63) is 22.2 Å². The van der Waals surface area contributed by atoms with Crippen LogP contribution in [0.1, 0.15) is 45.4 Å². The third-order valence-electron chi connectivity index (χ3n) is 5.54. The summed E-state index contributed by atoms with van der Waals surface area (Å²) in [6, 6.07) is 0. The number of terminal acetylenes is 1. The summed E-state index contributed by atoms with van der Waals surface area (Å²) in [6.45, 7) is 6.10. The molecule has 2 rings (SSSR count). The average Bonchev–Trinajstić information content (AvgIpc) is 2.98. The summed E-state index contributed by atoms with van der Waals surface area (Å²) in [6.07, 6.45) is 3.11. The van der Waals surface area contributed by atoms with Crippen molar-refractivity contribution in [2.24, 2.45) is 5.41 Å². The van der Waals surface area contributed by atoms with Gasteiger partial charge in [0.05, 0.1) is 18.3 Å². The van der Waals surface area contributed by atoms with Gasteiger partial charge in [0.25, 0.3) is 0 Å². The lowest BCUT2D eigenvalue weighted by Gasteiger charge is -2.30. The van der Waals surface area contributed by atoms with E-state index in [0.717, 1.165) is 17.4 Å². The molecular formula is C20H29N3O7. The van der Waals surface area contributed by atoms with Gasteiger partial charge in [-0.1, -0.05) is 19.8 Å². The van der Waals surface area contributed by atoms with Gasteiger partial charge in [-0.05, 0) is 19.8 Å². The van der Waals surface area contributed by atoms with Gasteiger partial charge in [0, 0.05) is 18.7 Å². The SMILES string of the molecule is C#Cc1cn([C@@H]2O[C@H](C)[C@@H](O)[C@H]2O)c(=O)nc1NC(=O)OCC(CC)(CC)COC. The summed E-state index contributed by atoms with van der Waals surface area (Å²) in [4.78, 5) is 28.5. The van der Waals surface area contributed by atoms with Gasteiger partial charge in [0.2, 0.25) is 0 Å². The molecule has 1 amide bonds. The van der Waals surface area contributed by atoms with E-state index in [4.69, 9.17) is 20.6 Å². The first-order chi connectivity index (χ1) is 14.2. The molecule has 1 aromatic rings. The standard InChI is InChI=1S/C20H29N3O7/c1-6-13-9-23(17-15(25)14(24)12(4)30-17)18(26)21-16(13)22-19(27)29-11-20(7-2,8-3)10-28-5/h1,9,12,14-15,17,24-25H,7-8,10-11H2,2-5H3,(H,21,22,26,27)/t12-,14-,15-,17-/m1/s1. The summed E-state index contributed by atoms with van der Waals surface area (Å²) in [5.41, 5.74) is -1.04. The molecule has 1 aliphatic heterocycles. The maximum atomic E-state index is 12.4. The number of rotatable bonds is 8. The number of aromatic nitrogens is 2. The molecule has 166 valence electrons. The first-order valence-electron chi connectivity index (χ1n) is 9.76. The van der Waals surface area contributed by atoms with Crippen LogP contribution in [0.2, 0.25) is 0 Å². The third kappa shape index (κ3) is 4.99. The monoisotopic (exact) mass is 423 g/mol. The lowest BCUT2D eigenvalue weighted by Crippen LogP contribution is -2.36.